The minimum atomic E-state index is -0.418. The van der Waals surface area contributed by atoms with E-state index in [4.69, 9.17) is 4.42 Å². The van der Waals surface area contributed by atoms with Crippen LogP contribution in [0.1, 0.15) is 0 Å². The predicted molar refractivity (Wildman–Crippen MR) is 228 cm³/mol. The van der Waals surface area contributed by atoms with E-state index in [0.717, 1.165) is 71.7 Å². The Morgan fingerprint density at radius 1 is 0.357 bits per heavy atom. The summed E-state index contributed by atoms with van der Waals surface area (Å²) in [6, 6.07) is 62.4. The van der Waals surface area contributed by atoms with Crippen molar-refractivity contribution < 1.29 is 4.42 Å². The monoisotopic (exact) mass is 721 g/mol. The molecule has 0 N–H and O–H groups in total. The average Bonchev–Trinajstić information content (AvgIpc) is 3.80. The van der Waals surface area contributed by atoms with Crippen LogP contribution in [0, 0.1) is 0 Å². The standard InChI is InChI=1S/C50H31N3O3/c54-49-42-30-34(24-27-43(42)52(37-17-6-2-7-18-37)50(55)53(49)38-19-8-3-9-20-38)32-13-12-14-33(29-32)35-23-25-41-45(31-35)51(36-15-4-1-5-16-36)44-28-26-40-39-21-10-11-22-46(39)56-48(40)47(41)44/h1-31H. The summed E-state index contributed by atoms with van der Waals surface area (Å²) in [7, 11) is 0. The average molecular weight is 722 g/mol. The molecule has 3 aromatic heterocycles. The summed E-state index contributed by atoms with van der Waals surface area (Å²) in [4.78, 5) is 28.3. The second-order valence-corrected chi connectivity index (χ2v) is 14.1. The molecule has 0 saturated carbocycles. The second-order valence-electron chi connectivity index (χ2n) is 14.1. The third kappa shape index (κ3) is 4.83. The zero-order valence-electron chi connectivity index (χ0n) is 30.0. The molecule has 0 radical (unpaired) electrons. The van der Waals surface area contributed by atoms with Gasteiger partial charge in [-0.3, -0.25) is 9.36 Å². The number of hydrogen-bond donors (Lipinski definition) is 0. The van der Waals surface area contributed by atoms with Gasteiger partial charge in [-0.25, -0.2) is 9.36 Å². The van der Waals surface area contributed by atoms with Crippen LogP contribution in [0.2, 0.25) is 0 Å². The Hall–Kier alpha value is -7.70. The Morgan fingerprint density at radius 2 is 0.911 bits per heavy atom. The topological polar surface area (TPSA) is 62.1 Å². The molecule has 0 bridgehead atoms. The van der Waals surface area contributed by atoms with Gasteiger partial charge in [-0.2, -0.15) is 0 Å². The fraction of sp³-hybridized carbons (Fsp3) is 0. The van der Waals surface area contributed by atoms with Crippen LogP contribution in [0.3, 0.4) is 0 Å². The van der Waals surface area contributed by atoms with Gasteiger partial charge in [0.05, 0.1) is 38.7 Å². The fourth-order valence-electron chi connectivity index (χ4n) is 8.32. The van der Waals surface area contributed by atoms with E-state index in [-0.39, 0.29) is 5.56 Å². The molecule has 264 valence electrons. The fourth-order valence-corrected chi connectivity index (χ4v) is 8.32. The van der Waals surface area contributed by atoms with Gasteiger partial charge in [-0.1, -0.05) is 109 Å². The van der Waals surface area contributed by atoms with Gasteiger partial charge in [-0.15, -0.1) is 0 Å². The maximum Gasteiger partial charge on any atom is 0.340 e. The van der Waals surface area contributed by atoms with E-state index < -0.39 is 5.69 Å². The third-order valence-corrected chi connectivity index (χ3v) is 10.9. The number of hydrogen-bond acceptors (Lipinski definition) is 3. The lowest BCUT2D eigenvalue weighted by Gasteiger charge is -2.15. The molecule has 0 amide bonds. The van der Waals surface area contributed by atoms with Crippen LogP contribution in [-0.2, 0) is 0 Å². The number of nitrogens with zero attached hydrogens (tertiary/aromatic N) is 3. The van der Waals surface area contributed by atoms with Crippen molar-refractivity contribution >= 4 is 54.6 Å². The van der Waals surface area contributed by atoms with E-state index in [9.17, 15) is 9.59 Å². The van der Waals surface area contributed by atoms with Crippen LogP contribution in [0.25, 0.3) is 94.0 Å². The van der Waals surface area contributed by atoms with Crippen molar-refractivity contribution in [2.45, 2.75) is 0 Å². The molecule has 0 aliphatic rings. The van der Waals surface area contributed by atoms with Gasteiger partial charge in [-0.05, 0) is 101 Å². The van der Waals surface area contributed by atoms with E-state index in [2.05, 4.69) is 95.6 Å². The lowest BCUT2D eigenvalue weighted by atomic mass is 9.97. The molecule has 0 aliphatic heterocycles. The maximum atomic E-state index is 14.2. The first kappa shape index (κ1) is 31.8. The van der Waals surface area contributed by atoms with Crippen LogP contribution in [0.5, 0.6) is 0 Å². The number of aromatic nitrogens is 3. The zero-order valence-corrected chi connectivity index (χ0v) is 30.0. The molecule has 56 heavy (non-hydrogen) atoms. The molecular weight excluding hydrogens is 691 g/mol. The number of rotatable bonds is 5. The summed E-state index contributed by atoms with van der Waals surface area (Å²) in [6.07, 6.45) is 0. The lowest BCUT2D eigenvalue weighted by molar-refractivity contribution is 0.673. The van der Waals surface area contributed by atoms with E-state index >= 15 is 0 Å². The van der Waals surface area contributed by atoms with Gasteiger partial charge in [0.2, 0.25) is 0 Å². The minimum Gasteiger partial charge on any atom is -0.455 e. The number of benzene rings is 8. The minimum absolute atomic E-state index is 0.362. The Balaban J connectivity index is 1.10. The van der Waals surface area contributed by atoms with Crippen molar-refractivity contribution in [2.24, 2.45) is 0 Å². The van der Waals surface area contributed by atoms with Gasteiger partial charge >= 0.3 is 5.69 Å². The summed E-state index contributed by atoms with van der Waals surface area (Å²) < 4.78 is 11.7. The first-order valence-electron chi connectivity index (χ1n) is 18.6. The van der Waals surface area contributed by atoms with Crippen LogP contribution in [-0.4, -0.2) is 13.7 Å². The molecule has 0 fully saturated rings. The molecule has 6 nitrogen and oxygen atoms in total. The predicted octanol–water partition coefficient (Wildman–Crippen LogP) is 11.5. The highest BCUT2D eigenvalue weighted by Gasteiger charge is 2.20. The Labute approximate surface area is 320 Å². The summed E-state index contributed by atoms with van der Waals surface area (Å²) >= 11 is 0. The molecular formula is C50H31N3O3. The molecule has 0 saturated heterocycles. The second kappa shape index (κ2) is 12.4. The highest BCUT2D eigenvalue weighted by molar-refractivity contribution is 6.24. The van der Waals surface area contributed by atoms with Crippen molar-refractivity contribution in [3.8, 4) is 39.3 Å². The summed E-state index contributed by atoms with van der Waals surface area (Å²) in [5, 5.41) is 4.86. The molecule has 3 heterocycles. The Kier molecular flexibility index (Phi) is 7.06. The highest BCUT2D eigenvalue weighted by Crippen LogP contribution is 2.42. The van der Waals surface area contributed by atoms with E-state index in [1.54, 1.807) is 16.7 Å². The SMILES string of the molecule is O=c1c2cc(-c3cccc(-c4ccc5c6c7oc8ccccc8c7ccc6n(-c6ccccc6)c5c4)c3)ccc2n(-c2ccccc2)c(=O)n1-c1ccccc1. The number of para-hydroxylation sites is 4. The first-order valence-corrected chi connectivity index (χ1v) is 18.6. The maximum absolute atomic E-state index is 14.2. The molecule has 11 aromatic rings. The van der Waals surface area contributed by atoms with Crippen molar-refractivity contribution in [1.29, 1.82) is 0 Å². The zero-order chi connectivity index (χ0) is 37.3. The summed E-state index contributed by atoms with van der Waals surface area (Å²) in [5.41, 5.74) is 9.90. The molecule has 0 aliphatic carbocycles. The van der Waals surface area contributed by atoms with Gasteiger partial charge < -0.3 is 8.98 Å². The molecule has 6 heteroatoms. The smallest absolute Gasteiger partial charge is 0.340 e. The van der Waals surface area contributed by atoms with Crippen molar-refractivity contribution in [1.82, 2.24) is 13.7 Å². The highest BCUT2D eigenvalue weighted by atomic mass is 16.3. The van der Waals surface area contributed by atoms with Crippen molar-refractivity contribution in [2.75, 3.05) is 0 Å². The van der Waals surface area contributed by atoms with Crippen molar-refractivity contribution in [3.05, 3.63) is 209 Å². The Morgan fingerprint density at radius 3 is 1.62 bits per heavy atom. The van der Waals surface area contributed by atoms with Crippen LogP contribution >= 0.6 is 0 Å². The van der Waals surface area contributed by atoms with Gasteiger partial charge in [0.25, 0.3) is 5.56 Å². The summed E-state index contributed by atoms with van der Waals surface area (Å²) in [6.45, 7) is 0. The molecule has 11 rings (SSSR count). The van der Waals surface area contributed by atoms with Gasteiger partial charge in [0.15, 0.2) is 0 Å². The normalized spacial score (nSPS) is 11.7. The number of fused-ring (bicyclic) bond motifs is 8. The molecule has 8 aromatic carbocycles. The van der Waals surface area contributed by atoms with Crippen LogP contribution < -0.4 is 11.2 Å². The first-order chi connectivity index (χ1) is 27.6. The van der Waals surface area contributed by atoms with Crippen LogP contribution in [0.4, 0.5) is 0 Å². The molecule has 0 spiro atoms. The number of furan rings is 1. The quantitative estimate of drug-likeness (QED) is 0.178. The summed E-state index contributed by atoms with van der Waals surface area (Å²) in [5.74, 6) is 0. The van der Waals surface area contributed by atoms with Gasteiger partial charge in [0.1, 0.15) is 11.2 Å². The largest absolute Gasteiger partial charge is 0.455 e. The van der Waals surface area contributed by atoms with Gasteiger partial charge in [0, 0.05) is 21.8 Å². The third-order valence-electron chi connectivity index (χ3n) is 10.9. The van der Waals surface area contributed by atoms with E-state index in [0.29, 0.717) is 22.3 Å². The van der Waals surface area contributed by atoms with Crippen LogP contribution in [0.15, 0.2) is 202 Å². The van der Waals surface area contributed by atoms with E-state index in [1.807, 2.05) is 84.9 Å². The molecule has 0 unspecified atom stereocenters. The lowest BCUT2D eigenvalue weighted by Crippen LogP contribution is -2.38. The van der Waals surface area contributed by atoms with E-state index in [1.165, 1.54) is 4.57 Å². The van der Waals surface area contributed by atoms with Crippen molar-refractivity contribution in [3.63, 3.8) is 0 Å². The Bertz CT molecular complexity index is 3450. The molecule has 0 atom stereocenters.